The maximum atomic E-state index is 13.2. The quantitative estimate of drug-likeness (QED) is 0.873. The zero-order chi connectivity index (χ0) is 11.5. The molecule has 1 nitrogen and oxygen atoms in total. The Labute approximate surface area is 105 Å². The third-order valence-corrected chi connectivity index (χ3v) is 3.88. The van der Waals surface area contributed by atoms with Crippen LogP contribution in [0.2, 0.25) is 0 Å². The molecule has 1 fully saturated rings. The summed E-state index contributed by atoms with van der Waals surface area (Å²) in [6.07, 6.45) is 3.53. The van der Waals surface area contributed by atoms with Crippen molar-refractivity contribution < 1.29 is 4.39 Å². The highest BCUT2D eigenvalue weighted by Gasteiger charge is 2.30. The van der Waals surface area contributed by atoms with Gasteiger partial charge >= 0.3 is 0 Å². The monoisotopic (exact) mass is 285 g/mol. The van der Waals surface area contributed by atoms with Crippen LogP contribution < -0.4 is 5.32 Å². The highest BCUT2D eigenvalue weighted by Crippen LogP contribution is 2.35. The number of hydrogen-bond donors (Lipinski definition) is 1. The number of likely N-dealkylation sites (N-methyl/N-ethyl adjacent to an activating group) is 1. The Bertz CT molecular complexity index is 363. The summed E-state index contributed by atoms with van der Waals surface area (Å²) >= 11 is 3.49. The van der Waals surface area contributed by atoms with Crippen molar-refractivity contribution in [1.82, 2.24) is 5.32 Å². The van der Waals surface area contributed by atoms with Gasteiger partial charge in [-0.3, -0.25) is 0 Å². The highest BCUT2D eigenvalue weighted by atomic mass is 79.9. The van der Waals surface area contributed by atoms with E-state index >= 15 is 0 Å². The molecule has 1 aromatic carbocycles. The van der Waals surface area contributed by atoms with Gasteiger partial charge in [0.05, 0.1) is 0 Å². The second kappa shape index (κ2) is 5.28. The van der Waals surface area contributed by atoms with Gasteiger partial charge in [0.2, 0.25) is 0 Å². The van der Waals surface area contributed by atoms with Crippen LogP contribution in [0.15, 0.2) is 22.7 Å². The van der Waals surface area contributed by atoms with Crippen molar-refractivity contribution in [2.24, 2.45) is 5.92 Å². The number of halogens is 2. The predicted octanol–water partition coefficient (Wildman–Crippen LogP) is 3.52. The van der Waals surface area contributed by atoms with Crippen molar-refractivity contribution in [2.45, 2.75) is 32.2 Å². The van der Waals surface area contributed by atoms with Gasteiger partial charge in [-0.15, -0.1) is 0 Å². The molecule has 1 aliphatic carbocycles. The molecule has 3 heteroatoms. The number of hydrogen-bond acceptors (Lipinski definition) is 1. The van der Waals surface area contributed by atoms with E-state index in [1.54, 1.807) is 12.1 Å². The summed E-state index contributed by atoms with van der Waals surface area (Å²) in [5.74, 6) is 0.638. The summed E-state index contributed by atoms with van der Waals surface area (Å²) < 4.78 is 14.2. The van der Waals surface area contributed by atoms with Crippen LogP contribution in [0, 0.1) is 11.7 Å². The van der Waals surface area contributed by atoms with Gasteiger partial charge in [0.1, 0.15) is 5.82 Å². The molecule has 0 amide bonds. The van der Waals surface area contributed by atoms with E-state index in [0.29, 0.717) is 6.04 Å². The molecule has 1 aliphatic rings. The molecule has 0 bridgehead atoms. The number of rotatable bonds is 5. The van der Waals surface area contributed by atoms with Crippen molar-refractivity contribution in [1.29, 1.82) is 0 Å². The minimum absolute atomic E-state index is 0.149. The molecule has 0 radical (unpaired) electrons. The SMILES string of the molecule is CCNC(Cc1cc(F)ccc1Br)C1CC1. The summed E-state index contributed by atoms with van der Waals surface area (Å²) in [6.45, 7) is 3.10. The van der Waals surface area contributed by atoms with E-state index in [2.05, 4.69) is 28.2 Å². The molecule has 0 saturated heterocycles. The standard InChI is InChI=1S/C13H17BrFN/c1-2-16-13(9-3-4-9)8-10-7-11(15)5-6-12(10)14/h5-7,9,13,16H,2-4,8H2,1H3. The van der Waals surface area contributed by atoms with Gasteiger partial charge in [-0.05, 0) is 55.5 Å². The fourth-order valence-electron chi connectivity index (χ4n) is 2.10. The molecule has 88 valence electrons. The van der Waals surface area contributed by atoms with E-state index in [4.69, 9.17) is 0 Å². The molecular formula is C13H17BrFN. The van der Waals surface area contributed by atoms with Gasteiger partial charge in [-0.25, -0.2) is 4.39 Å². The molecule has 1 N–H and O–H groups in total. The first-order chi connectivity index (χ1) is 7.70. The first-order valence-corrected chi connectivity index (χ1v) is 6.67. The van der Waals surface area contributed by atoms with E-state index < -0.39 is 0 Å². The summed E-state index contributed by atoms with van der Waals surface area (Å²) in [5, 5.41) is 3.50. The van der Waals surface area contributed by atoms with Gasteiger partial charge in [0, 0.05) is 10.5 Å². The first-order valence-electron chi connectivity index (χ1n) is 5.88. The molecule has 0 heterocycles. The van der Waals surface area contributed by atoms with E-state index in [9.17, 15) is 4.39 Å². The molecular weight excluding hydrogens is 269 g/mol. The molecule has 1 unspecified atom stereocenters. The smallest absolute Gasteiger partial charge is 0.123 e. The van der Waals surface area contributed by atoms with E-state index in [0.717, 1.165) is 28.9 Å². The third kappa shape index (κ3) is 3.05. The predicted molar refractivity (Wildman–Crippen MR) is 68.0 cm³/mol. The van der Waals surface area contributed by atoms with Crippen LogP contribution >= 0.6 is 15.9 Å². The second-order valence-corrected chi connectivity index (χ2v) is 5.30. The van der Waals surface area contributed by atoms with Gasteiger partial charge in [0.15, 0.2) is 0 Å². The Kier molecular flexibility index (Phi) is 3.98. The van der Waals surface area contributed by atoms with Crippen LogP contribution in [0.4, 0.5) is 4.39 Å². The molecule has 16 heavy (non-hydrogen) atoms. The topological polar surface area (TPSA) is 12.0 Å². The molecule has 0 aliphatic heterocycles. The molecule has 0 aromatic heterocycles. The Morgan fingerprint density at radius 3 is 2.88 bits per heavy atom. The van der Waals surface area contributed by atoms with Crippen molar-refractivity contribution in [2.75, 3.05) is 6.54 Å². The maximum absolute atomic E-state index is 13.2. The normalized spacial score (nSPS) is 17.4. The van der Waals surface area contributed by atoms with Crippen molar-refractivity contribution in [3.05, 3.63) is 34.1 Å². The van der Waals surface area contributed by atoms with Gasteiger partial charge < -0.3 is 5.32 Å². The average Bonchev–Trinajstić information content (AvgIpc) is 3.06. The average molecular weight is 286 g/mol. The number of nitrogens with one attached hydrogen (secondary N) is 1. The highest BCUT2D eigenvalue weighted by molar-refractivity contribution is 9.10. The minimum Gasteiger partial charge on any atom is -0.314 e. The Balaban J connectivity index is 2.08. The summed E-state index contributed by atoms with van der Waals surface area (Å²) in [7, 11) is 0. The first kappa shape index (κ1) is 12.1. The Morgan fingerprint density at radius 2 is 2.25 bits per heavy atom. The third-order valence-electron chi connectivity index (χ3n) is 3.10. The van der Waals surface area contributed by atoms with Gasteiger partial charge in [-0.1, -0.05) is 22.9 Å². The van der Waals surface area contributed by atoms with Crippen LogP contribution in [0.3, 0.4) is 0 Å². The largest absolute Gasteiger partial charge is 0.314 e. The zero-order valence-electron chi connectivity index (χ0n) is 9.47. The van der Waals surface area contributed by atoms with Crippen LogP contribution in [0.25, 0.3) is 0 Å². The van der Waals surface area contributed by atoms with E-state index in [1.165, 1.54) is 18.9 Å². The lowest BCUT2D eigenvalue weighted by Gasteiger charge is -2.18. The van der Waals surface area contributed by atoms with Crippen molar-refractivity contribution in [3.8, 4) is 0 Å². The van der Waals surface area contributed by atoms with E-state index in [1.807, 2.05) is 0 Å². The maximum Gasteiger partial charge on any atom is 0.123 e. The lowest BCUT2D eigenvalue weighted by Crippen LogP contribution is -2.33. The summed E-state index contributed by atoms with van der Waals surface area (Å²) in [4.78, 5) is 0. The van der Waals surface area contributed by atoms with Crippen LogP contribution in [0.5, 0.6) is 0 Å². The summed E-state index contributed by atoms with van der Waals surface area (Å²) in [5.41, 5.74) is 1.07. The van der Waals surface area contributed by atoms with Crippen molar-refractivity contribution >= 4 is 15.9 Å². The molecule has 2 rings (SSSR count). The van der Waals surface area contributed by atoms with Crippen LogP contribution in [-0.2, 0) is 6.42 Å². The second-order valence-electron chi connectivity index (χ2n) is 4.44. The molecule has 1 aromatic rings. The fourth-order valence-corrected chi connectivity index (χ4v) is 2.51. The summed E-state index contributed by atoms with van der Waals surface area (Å²) in [6, 6.07) is 5.42. The van der Waals surface area contributed by atoms with Crippen molar-refractivity contribution in [3.63, 3.8) is 0 Å². The van der Waals surface area contributed by atoms with Crippen LogP contribution in [-0.4, -0.2) is 12.6 Å². The Hall–Kier alpha value is -0.410. The zero-order valence-corrected chi connectivity index (χ0v) is 11.1. The fraction of sp³-hybridized carbons (Fsp3) is 0.538. The van der Waals surface area contributed by atoms with E-state index in [-0.39, 0.29) is 5.82 Å². The lowest BCUT2D eigenvalue weighted by molar-refractivity contribution is 0.471. The lowest BCUT2D eigenvalue weighted by atomic mass is 10.0. The Morgan fingerprint density at radius 1 is 1.50 bits per heavy atom. The van der Waals surface area contributed by atoms with Gasteiger partial charge in [0.25, 0.3) is 0 Å². The molecule has 0 spiro atoms. The molecule has 1 saturated carbocycles. The number of benzene rings is 1. The minimum atomic E-state index is -0.149. The molecule has 1 atom stereocenters. The van der Waals surface area contributed by atoms with Gasteiger partial charge in [-0.2, -0.15) is 0 Å². The van der Waals surface area contributed by atoms with Crippen LogP contribution in [0.1, 0.15) is 25.3 Å².